The Bertz CT molecular complexity index is 900. The minimum Gasteiger partial charge on any atom is -0.497 e. The van der Waals surface area contributed by atoms with Crippen molar-refractivity contribution in [2.45, 2.75) is 43.0 Å². The summed E-state index contributed by atoms with van der Waals surface area (Å²) >= 11 is 0. The van der Waals surface area contributed by atoms with Gasteiger partial charge in [0, 0.05) is 25.9 Å². The van der Waals surface area contributed by atoms with Gasteiger partial charge in [-0.25, -0.2) is 8.42 Å². The standard InChI is InChI=1S/C21H32N4O7S/c1-32-16-3-5-17(6-4-16)33(30,31)25-18(21(28)29)14-24-20(27)10-13-23-19(26)7-2-15-8-11-22-12-9-15/h3-6,15,18,22,25H,2,7-14H2,1H3,(H,23,26)(H,24,27)(H,28,29)/t18-/m0/s1. The van der Waals surface area contributed by atoms with E-state index in [1.807, 2.05) is 0 Å². The first-order chi connectivity index (χ1) is 15.7. The van der Waals surface area contributed by atoms with Crippen molar-refractivity contribution in [3.8, 4) is 5.75 Å². The molecule has 1 fully saturated rings. The molecule has 0 bridgehead atoms. The summed E-state index contributed by atoms with van der Waals surface area (Å²) in [7, 11) is -2.68. The highest BCUT2D eigenvalue weighted by Crippen LogP contribution is 2.17. The lowest BCUT2D eigenvalue weighted by Crippen LogP contribution is -2.48. The van der Waals surface area contributed by atoms with E-state index in [0.717, 1.165) is 32.4 Å². The topological polar surface area (TPSA) is 163 Å². The number of nitrogens with one attached hydrogen (secondary N) is 4. The van der Waals surface area contributed by atoms with Gasteiger partial charge in [-0.2, -0.15) is 4.72 Å². The van der Waals surface area contributed by atoms with Crippen LogP contribution in [-0.4, -0.2) is 70.6 Å². The average molecular weight is 485 g/mol. The number of aliphatic carboxylic acids is 1. The Morgan fingerprint density at radius 2 is 1.73 bits per heavy atom. The number of hydrogen-bond donors (Lipinski definition) is 5. The lowest BCUT2D eigenvalue weighted by molar-refractivity contribution is -0.138. The molecule has 1 aromatic carbocycles. The molecule has 0 saturated carbocycles. The van der Waals surface area contributed by atoms with Crippen LogP contribution in [0.3, 0.4) is 0 Å². The summed E-state index contributed by atoms with van der Waals surface area (Å²) in [5, 5.41) is 17.7. The quantitative estimate of drug-likeness (QED) is 0.258. The molecular formula is C21H32N4O7S. The van der Waals surface area contributed by atoms with E-state index < -0.39 is 34.5 Å². The Hall–Kier alpha value is -2.70. The molecule has 1 aromatic rings. The molecule has 184 valence electrons. The normalized spacial score (nSPS) is 15.4. The van der Waals surface area contributed by atoms with Gasteiger partial charge in [0.2, 0.25) is 21.8 Å². The fourth-order valence-electron chi connectivity index (χ4n) is 3.40. The van der Waals surface area contributed by atoms with Crippen molar-refractivity contribution in [3.63, 3.8) is 0 Å². The van der Waals surface area contributed by atoms with Crippen LogP contribution in [0.25, 0.3) is 0 Å². The fourth-order valence-corrected chi connectivity index (χ4v) is 4.59. The minimum atomic E-state index is -4.12. The van der Waals surface area contributed by atoms with Crippen molar-refractivity contribution >= 4 is 27.8 Å². The van der Waals surface area contributed by atoms with Gasteiger partial charge in [-0.1, -0.05) is 0 Å². The Kier molecular flexibility index (Phi) is 10.6. The van der Waals surface area contributed by atoms with Crippen LogP contribution in [-0.2, 0) is 24.4 Å². The summed E-state index contributed by atoms with van der Waals surface area (Å²) in [6, 6.07) is 3.89. The summed E-state index contributed by atoms with van der Waals surface area (Å²) in [5.41, 5.74) is 0. The van der Waals surface area contributed by atoms with Gasteiger partial charge in [0.15, 0.2) is 0 Å². The Morgan fingerprint density at radius 3 is 2.33 bits per heavy atom. The number of methoxy groups -OCH3 is 1. The van der Waals surface area contributed by atoms with Crippen molar-refractivity contribution in [2.75, 3.05) is 33.3 Å². The summed E-state index contributed by atoms with van der Waals surface area (Å²) in [6.45, 7) is 1.62. The second kappa shape index (κ2) is 13.1. The third-order valence-corrected chi connectivity index (χ3v) is 6.87. The summed E-state index contributed by atoms with van der Waals surface area (Å²) < 4.78 is 31.9. The van der Waals surface area contributed by atoms with E-state index in [-0.39, 0.29) is 23.8 Å². The molecule has 33 heavy (non-hydrogen) atoms. The molecule has 12 heteroatoms. The predicted molar refractivity (Wildman–Crippen MR) is 120 cm³/mol. The zero-order chi connectivity index (χ0) is 24.3. The molecule has 1 saturated heterocycles. The van der Waals surface area contributed by atoms with Crippen LogP contribution < -0.4 is 25.4 Å². The smallest absolute Gasteiger partial charge is 0.323 e. The Balaban J connectivity index is 1.72. The second-order valence-corrected chi connectivity index (χ2v) is 9.54. The van der Waals surface area contributed by atoms with Gasteiger partial charge in [0.1, 0.15) is 11.8 Å². The van der Waals surface area contributed by atoms with Crippen molar-refractivity contribution in [3.05, 3.63) is 24.3 Å². The molecule has 1 aliphatic rings. The molecule has 0 unspecified atom stereocenters. The molecule has 1 aliphatic heterocycles. The average Bonchev–Trinajstić information content (AvgIpc) is 2.81. The van der Waals surface area contributed by atoms with E-state index in [2.05, 4.69) is 20.7 Å². The van der Waals surface area contributed by atoms with Gasteiger partial charge in [-0.05, 0) is 62.5 Å². The van der Waals surface area contributed by atoms with Gasteiger partial charge >= 0.3 is 5.97 Å². The SMILES string of the molecule is COc1ccc(S(=O)(=O)N[C@@H](CNC(=O)CCNC(=O)CCC2CCNCC2)C(=O)O)cc1. The predicted octanol–water partition coefficient (Wildman–Crippen LogP) is -0.171. The van der Waals surface area contributed by atoms with E-state index in [0.29, 0.717) is 18.1 Å². The highest BCUT2D eigenvalue weighted by Gasteiger charge is 2.26. The zero-order valence-corrected chi connectivity index (χ0v) is 19.4. The highest BCUT2D eigenvalue weighted by atomic mass is 32.2. The fraction of sp³-hybridized carbons (Fsp3) is 0.571. The maximum atomic E-state index is 12.4. The number of carbonyl (C=O) groups is 3. The molecular weight excluding hydrogens is 452 g/mol. The number of benzene rings is 1. The lowest BCUT2D eigenvalue weighted by atomic mass is 9.93. The molecule has 1 atom stereocenters. The second-order valence-electron chi connectivity index (χ2n) is 7.82. The van der Waals surface area contributed by atoms with Gasteiger partial charge in [0.05, 0.1) is 12.0 Å². The maximum absolute atomic E-state index is 12.4. The first-order valence-electron chi connectivity index (χ1n) is 10.8. The van der Waals surface area contributed by atoms with Crippen LogP contribution in [0, 0.1) is 5.92 Å². The van der Waals surface area contributed by atoms with Gasteiger partial charge in [0.25, 0.3) is 0 Å². The number of carbonyl (C=O) groups excluding carboxylic acids is 2. The van der Waals surface area contributed by atoms with Gasteiger partial charge in [-0.3, -0.25) is 14.4 Å². The van der Waals surface area contributed by atoms with Crippen molar-refractivity contribution < 1.29 is 32.6 Å². The number of carboxylic acids is 1. The molecule has 0 aromatic heterocycles. The van der Waals surface area contributed by atoms with E-state index in [1.54, 1.807) is 0 Å². The number of amides is 2. The summed E-state index contributed by atoms with van der Waals surface area (Å²) in [5.74, 6) is -1.07. The van der Waals surface area contributed by atoms with Gasteiger partial charge in [-0.15, -0.1) is 0 Å². The van der Waals surface area contributed by atoms with Crippen LogP contribution in [0.4, 0.5) is 0 Å². The Morgan fingerprint density at radius 1 is 1.09 bits per heavy atom. The van der Waals surface area contributed by atoms with Crippen LogP contribution in [0.1, 0.15) is 32.1 Å². The first-order valence-corrected chi connectivity index (χ1v) is 12.3. The van der Waals surface area contributed by atoms with Crippen LogP contribution in [0.5, 0.6) is 5.75 Å². The van der Waals surface area contributed by atoms with E-state index in [4.69, 9.17) is 4.74 Å². The lowest BCUT2D eigenvalue weighted by Gasteiger charge is -2.22. The molecule has 2 amide bonds. The number of hydrogen-bond acceptors (Lipinski definition) is 7. The summed E-state index contributed by atoms with van der Waals surface area (Å²) in [4.78, 5) is 35.3. The van der Waals surface area contributed by atoms with Crippen LogP contribution in [0.15, 0.2) is 29.2 Å². The number of carboxylic acid groups (broad SMARTS) is 1. The first kappa shape index (κ1) is 26.6. The largest absolute Gasteiger partial charge is 0.497 e. The van der Waals surface area contributed by atoms with Crippen LogP contribution in [0.2, 0.25) is 0 Å². The summed E-state index contributed by atoms with van der Waals surface area (Å²) in [6.07, 6.45) is 3.29. The maximum Gasteiger partial charge on any atom is 0.323 e. The van der Waals surface area contributed by atoms with Crippen molar-refractivity contribution in [1.82, 2.24) is 20.7 Å². The van der Waals surface area contributed by atoms with E-state index in [9.17, 15) is 27.9 Å². The zero-order valence-electron chi connectivity index (χ0n) is 18.6. The molecule has 0 spiro atoms. The van der Waals surface area contributed by atoms with Gasteiger partial charge < -0.3 is 25.8 Å². The van der Waals surface area contributed by atoms with E-state index in [1.165, 1.54) is 31.4 Å². The molecule has 5 N–H and O–H groups in total. The minimum absolute atomic E-state index is 0.0450. The number of sulfonamides is 1. The van der Waals surface area contributed by atoms with Crippen molar-refractivity contribution in [2.24, 2.45) is 5.92 Å². The molecule has 0 aliphatic carbocycles. The molecule has 11 nitrogen and oxygen atoms in total. The monoisotopic (exact) mass is 484 g/mol. The van der Waals surface area contributed by atoms with E-state index >= 15 is 0 Å². The van der Waals surface area contributed by atoms with Crippen molar-refractivity contribution in [1.29, 1.82) is 0 Å². The third kappa shape index (κ3) is 9.36. The Labute approximate surface area is 193 Å². The number of rotatable bonds is 13. The number of ether oxygens (including phenoxy) is 1. The van der Waals surface area contributed by atoms with Crippen LogP contribution >= 0.6 is 0 Å². The molecule has 2 rings (SSSR count). The third-order valence-electron chi connectivity index (χ3n) is 5.38. The molecule has 1 heterocycles. The number of piperidine rings is 1. The molecule has 0 radical (unpaired) electrons. The highest BCUT2D eigenvalue weighted by molar-refractivity contribution is 7.89.